The normalized spacial score (nSPS) is 10.5. The van der Waals surface area contributed by atoms with Crippen LogP contribution in [0.15, 0.2) is 71.7 Å². The highest BCUT2D eigenvalue weighted by atomic mass is 16.5. The Kier molecular flexibility index (Phi) is 6.68. The van der Waals surface area contributed by atoms with Crippen LogP contribution < -0.4 is 16.2 Å². The molecule has 0 saturated heterocycles. The van der Waals surface area contributed by atoms with Crippen molar-refractivity contribution in [2.45, 2.75) is 26.3 Å². The van der Waals surface area contributed by atoms with E-state index in [1.165, 1.54) is 0 Å². The lowest BCUT2D eigenvalue weighted by atomic mass is 10.1. The van der Waals surface area contributed by atoms with Gasteiger partial charge in [-0.15, -0.1) is 0 Å². The van der Waals surface area contributed by atoms with Gasteiger partial charge in [0.1, 0.15) is 12.3 Å². The summed E-state index contributed by atoms with van der Waals surface area (Å²) in [7, 11) is 0. The number of aromatic nitrogens is 1. The predicted molar refractivity (Wildman–Crippen MR) is 117 cm³/mol. The van der Waals surface area contributed by atoms with Gasteiger partial charge in [-0.2, -0.15) is 4.99 Å². The molecule has 0 fully saturated rings. The van der Waals surface area contributed by atoms with E-state index in [-0.39, 0.29) is 12.5 Å². The van der Waals surface area contributed by atoms with E-state index < -0.39 is 5.91 Å². The van der Waals surface area contributed by atoms with Gasteiger partial charge in [0.25, 0.3) is 5.91 Å². The molecule has 0 spiro atoms. The Balaban J connectivity index is 1.94. The minimum atomic E-state index is -0.404. The molecule has 29 heavy (non-hydrogen) atoms. The van der Waals surface area contributed by atoms with Gasteiger partial charge in [0.2, 0.25) is 0 Å². The minimum absolute atomic E-state index is 0.0409. The number of nitrogens with zero attached hydrogens (tertiary/aromatic N) is 2. The van der Waals surface area contributed by atoms with E-state index in [9.17, 15) is 4.79 Å². The number of carbonyl (C=O) groups excluding carboxylic acids is 1. The maximum atomic E-state index is 12.3. The average molecular weight is 390 g/mol. The quantitative estimate of drug-likeness (QED) is 0.347. The second-order valence-electron chi connectivity index (χ2n) is 6.71. The fourth-order valence-corrected chi connectivity index (χ4v) is 3.12. The molecule has 0 saturated carbocycles. The first-order chi connectivity index (χ1) is 14.1. The number of benzene rings is 2. The summed E-state index contributed by atoms with van der Waals surface area (Å²) in [4.78, 5) is 16.0. The first-order valence-corrected chi connectivity index (χ1v) is 9.69. The Bertz CT molecular complexity index is 972. The van der Waals surface area contributed by atoms with Crippen LogP contribution in [0.1, 0.15) is 19.8 Å². The molecular weight excluding hydrogens is 364 g/mol. The van der Waals surface area contributed by atoms with Crippen molar-refractivity contribution in [2.24, 2.45) is 16.5 Å². The monoisotopic (exact) mass is 390 g/mol. The van der Waals surface area contributed by atoms with Gasteiger partial charge in [0.15, 0.2) is 5.96 Å². The van der Waals surface area contributed by atoms with E-state index in [0.29, 0.717) is 6.61 Å². The molecule has 150 valence electrons. The maximum absolute atomic E-state index is 12.3. The van der Waals surface area contributed by atoms with E-state index in [4.69, 9.17) is 16.2 Å². The molecule has 4 N–H and O–H groups in total. The molecule has 0 bridgehead atoms. The van der Waals surface area contributed by atoms with Crippen molar-refractivity contribution in [2.75, 3.05) is 6.61 Å². The molecule has 6 heteroatoms. The number of guanidine groups is 1. The first kappa shape index (κ1) is 20.2. The highest BCUT2D eigenvalue weighted by Crippen LogP contribution is 2.30. The van der Waals surface area contributed by atoms with Crippen molar-refractivity contribution in [3.8, 4) is 28.3 Å². The number of carbonyl (C=O) groups is 1. The largest absolute Gasteiger partial charge is 0.494 e. The van der Waals surface area contributed by atoms with Gasteiger partial charge in [-0.1, -0.05) is 43.7 Å². The van der Waals surface area contributed by atoms with Gasteiger partial charge in [0, 0.05) is 11.4 Å². The van der Waals surface area contributed by atoms with Crippen LogP contribution in [0.5, 0.6) is 5.75 Å². The Hall–Kier alpha value is -3.54. The number of amides is 1. The molecule has 0 aliphatic heterocycles. The van der Waals surface area contributed by atoms with E-state index in [2.05, 4.69) is 11.9 Å². The van der Waals surface area contributed by atoms with Gasteiger partial charge in [0.05, 0.1) is 6.61 Å². The topological polar surface area (TPSA) is 95.6 Å². The molecule has 1 aromatic heterocycles. The highest BCUT2D eigenvalue weighted by molar-refractivity contribution is 5.92. The molecular formula is C23H26N4O2. The van der Waals surface area contributed by atoms with Crippen LogP contribution in [0.4, 0.5) is 0 Å². The zero-order valence-corrected chi connectivity index (χ0v) is 16.5. The summed E-state index contributed by atoms with van der Waals surface area (Å²) in [6, 6.07) is 21.8. The number of aliphatic imine (C=N–C) groups is 1. The predicted octanol–water partition coefficient (Wildman–Crippen LogP) is 3.80. The SMILES string of the molecule is CCCCOc1ccc(-c2ccc(-c3ccccc3)n2CC(=O)N=C(N)N)cc1. The second-order valence-corrected chi connectivity index (χ2v) is 6.71. The summed E-state index contributed by atoms with van der Waals surface area (Å²) >= 11 is 0. The molecule has 1 amide bonds. The van der Waals surface area contributed by atoms with Crippen LogP contribution >= 0.6 is 0 Å². The second kappa shape index (κ2) is 9.59. The number of rotatable bonds is 8. The molecule has 0 radical (unpaired) electrons. The van der Waals surface area contributed by atoms with E-state index in [1.807, 2.05) is 71.3 Å². The molecule has 2 aromatic carbocycles. The van der Waals surface area contributed by atoms with E-state index in [0.717, 1.165) is 41.1 Å². The number of ether oxygens (including phenoxy) is 1. The highest BCUT2D eigenvalue weighted by Gasteiger charge is 2.15. The fourth-order valence-electron chi connectivity index (χ4n) is 3.12. The van der Waals surface area contributed by atoms with Crippen molar-refractivity contribution in [1.82, 2.24) is 4.57 Å². The summed E-state index contributed by atoms with van der Waals surface area (Å²) in [6.45, 7) is 2.88. The summed E-state index contributed by atoms with van der Waals surface area (Å²) in [5.41, 5.74) is 14.6. The summed E-state index contributed by atoms with van der Waals surface area (Å²) in [6.07, 6.45) is 2.12. The summed E-state index contributed by atoms with van der Waals surface area (Å²) in [5.74, 6) is 0.192. The van der Waals surface area contributed by atoms with Crippen LogP contribution in [0.25, 0.3) is 22.5 Å². The molecule has 3 rings (SSSR count). The third-order valence-electron chi connectivity index (χ3n) is 4.51. The lowest BCUT2D eigenvalue weighted by Gasteiger charge is -2.13. The number of hydrogen-bond donors (Lipinski definition) is 2. The van der Waals surface area contributed by atoms with Gasteiger partial charge in [-0.05, 0) is 53.9 Å². The lowest BCUT2D eigenvalue weighted by Crippen LogP contribution is -2.25. The maximum Gasteiger partial charge on any atom is 0.268 e. The summed E-state index contributed by atoms with van der Waals surface area (Å²) < 4.78 is 7.67. The standard InChI is InChI=1S/C23H26N4O2/c1-2-3-15-29-19-11-9-18(10-12-19)21-14-13-20(17-7-5-4-6-8-17)27(21)16-22(28)26-23(24)25/h4-14H,2-3,15-16H2,1H3,(H4,24,25,26,28). The molecule has 1 heterocycles. The van der Waals surface area contributed by atoms with Crippen molar-refractivity contribution in [1.29, 1.82) is 0 Å². The molecule has 0 aliphatic carbocycles. The third kappa shape index (κ3) is 5.25. The zero-order chi connectivity index (χ0) is 20.6. The molecule has 0 atom stereocenters. The average Bonchev–Trinajstić information content (AvgIpc) is 3.12. The molecule has 6 nitrogen and oxygen atoms in total. The van der Waals surface area contributed by atoms with Crippen LogP contribution in [0, 0.1) is 0 Å². The first-order valence-electron chi connectivity index (χ1n) is 9.69. The van der Waals surface area contributed by atoms with Gasteiger partial charge < -0.3 is 20.8 Å². The Labute approximate surface area is 170 Å². The lowest BCUT2D eigenvalue weighted by molar-refractivity contribution is -0.118. The Morgan fingerprint density at radius 3 is 2.14 bits per heavy atom. The smallest absolute Gasteiger partial charge is 0.268 e. The van der Waals surface area contributed by atoms with Crippen LogP contribution in [-0.4, -0.2) is 23.0 Å². The molecule has 0 unspecified atom stereocenters. The van der Waals surface area contributed by atoms with Crippen molar-refractivity contribution in [3.05, 3.63) is 66.7 Å². The van der Waals surface area contributed by atoms with Crippen molar-refractivity contribution >= 4 is 11.9 Å². The number of nitrogens with two attached hydrogens (primary N) is 2. The number of hydrogen-bond acceptors (Lipinski definition) is 2. The molecule has 0 aliphatic rings. The van der Waals surface area contributed by atoms with Crippen molar-refractivity contribution < 1.29 is 9.53 Å². The zero-order valence-electron chi connectivity index (χ0n) is 16.5. The Morgan fingerprint density at radius 1 is 0.931 bits per heavy atom. The third-order valence-corrected chi connectivity index (χ3v) is 4.51. The Morgan fingerprint density at radius 2 is 1.55 bits per heavy atom. The summed E-state index contributed by atoms with van der Waals surface area (Å²) in [5, 5.41) is 0. The fraction of sp³-hybridized carbons (Fsp3) is 0.217. The van der Waals surface area contributed by atoms with Gasteiger partial charge in [-0.25, -0.2) is 0 Å². The number of unbranched alkanes of at least 4 members (excludes halogenated alkanes) is 1. The van der Waals surface area contributed by atoms with Crippen LogP contribution in [-0.2, 0) is 11.3 Å². The van der Waals surface area contributed by atoms with E-state index >= 15 is 0 Å². The van der Waals surface area contributed by atoms with Gasteiger partial charge in [-0.3, -0.25) is 4.79 Å². The van der Waals surface area contributed by atoms with E-state index in [1.54, 1.807) is 0 Å². The molecule has 3 aromatic rings. The van der Waals surface area contributed by atoms with Crippen LogP contribution in [0.2, 0.25) is 0 Å². The van der Waals surface area contributed by atoms with Gasteiger partial charge >= 0.3 is 0 Å². The minimum Gasteiger partial charge on any atom is -0.494 e. The van der Waals surface area contributed by atoms with Crippen molar-refractivity contribution in [3.63, 3.8) is 0 Å². The van der Waals surface area contributed by atoms with Crippen LogP contribution in [0.3, 0.4) is 0 Å².